The molecule has 0 bridgehead atoms. The van der Waals surface area contributed by atoms with Gasteiger partial charge in [-0.25, -0.2) is 8.78 Å². The first kappa shape index (κ1) is 34.9. The molecule has 0 aliphatic rings. The molecule has 0 unspecified atom stereocenters. The molecule has 0 aliphatic carbocycles. The number of nitrogens with zero attached hydrogens (tertiary/aromatic N) is 2. The summed E-state index contributed by atoms with van der Waals surface area (Å²) >= 11 is 0. The average Bonchev–Trinajstić information content (AvgIpc) is 4.07. The zero-order valence-corrected chi connectivity index (χ0v) is 33.4. The Morgan fingerprint density at radius 2 is 0.774 bits per heavy atom. The second-order valence-electron chi connectivity index (χ2n) is 16.0. The van der Waals surface area contributed by atoms with Crippen molar-refractivity contribution in [1.82, 2.24) is 9.13 Å². The average molecular weight is 805 g/mol. The summed E-state index contributed by atoms with van der Waals surface area (Å²) in [6.45, 7) is 2.13. The topological polar surface area (TPSA) is 36.1 Å². The molecule has 9 aromatic carbocycles. The molecular weight excluding hydrogens is 771 g/mol. The Labute approximate surface area is 353 Å². The smallest absolute Gasteiger partial charge is 0.160 e. The van der Waals surface area contributed by atoms with Crippen molar-refractivity contribution >= 4 is 87.5 Å². The summed E-state index contributed by atoms with van der Waals surface area (Å²) in [6.07, 6.45) is 0.503. The van der Waals surface area contributed by atoms with Crippen LogP contribution in [0.5, 0.6) is 0 Å². The monoisotopic (exact) mass is 804 g/mol. The van der Waals surface area contributed by atoms with E-state index in [0.717, 1.165) is 104 Å². The predicted octanol–water partition coefficient (Wildman–Crippen LogP) is 15.9. The van der Waals surface area contributed by atoms with Gasteiger partial charge < -0.3 is 18.0 Å². The number of rotatable bonds is 5. The molecule has 62 heavy (non-hydrogen) atoms. The number of hydrogen-bond acceptors (Lipinski definition) is 2. The predicted molar refractivity (Wildman–Crippen MR) is 250 cm³/mol. The molecule has 6 heteroatoms. The fraction of sp³-hybridized carbons (Fsp3) is 0.0357. The van der Waals surface area contributed by atoms with Gasteiger partial charge in [-0.3, -0.25) is 0 Å². The first-order valence-corrected chi connectivity index (χ1v) is 21.0. The van der Waals surface area contributed by atoms with Gasteiger partial charge in [0.25, 0.3) is 0 Å². The normalized spacial score (nSPS) is 12.2. The van der Waals surface area contributed by atoms with Gasteiger partial charge in [-0.15, -0.1) is 0 Å². The van der Waals surface area contributed by atoms with E-state index in [1.54, 1.807) is 12.1 Å². The zero-order chi connectivity index (χ0) is 41.2. The maximum atomic E-state index is 16.7. The summed E-state index contributed by atoms with van der Waals surface area (Å²) in [5.74, 6) is -0.753. The van der Waals surface area contributed by atoms with E-state index in [4.69, 9.17) is 8.83 Å². The van der Waals surface area contributed by atoms with Crippen LogP contribution < -0.4 is 0 Å². The highest BCUT2D eigenvalue weighted by Gasteiger charge is 2.30. The van der Waals surface area contributed by atoms with Crippen molar-refractivity contribution in [3.8, 4) is 33.6 Å². The standard InChI is InChI=1S/C56H34F2N2O2/c1-2-32-51(59-47-23-11-5-17-35(47)39-27-29-41-37-19-7-13-25-49(37)61-55(41)53(39)59)43(33-15-3-9-21-45(33)57)31-44(34-16-4-10-22-46(34)58)52(32)60-48-24-12-6-18-36(48)40-28-30-42-38-20-8-14-26-50(38)62-56(42)54(40)60/h3-31H,2H2,1H3. The van der Waals surface area contributed by atoms with Gasteiger partial charge in [0.1, 0.15) is 22.8 Å². The van der Waals surface area contributed by atoms with Crippen molar-refractivity contribution in [2.75, 3.05) is 0 Å². The maximum absolute atomic E-state index is 16.7. The SMILES string of the molecule is CCc1c(-n2c3ccccc3c3ccc4c5ccccc5oc4c32)c(-c2ccccc2F)cc(-c2ccccc2F)c1-n1c2ccccc2c2ccc3c4ccccc4oc3c21. The van der Waals surface area contributed by atoms with Gasteiger partial charge in [0.05, 0.1) is 33.4 Å². The van der Waals surface area contributed by atoms with Gasteiger partial charge in [0.2, 0.25) is 0 Å². The van der Waals surface area contributed by atoms with Gasteiger partial charge in [-0.2, -0.15) is 0 Å². The van der Waals surface area contributed by atoms with Crippen LogP contribution in [0.2, 0.25) is 0 Å². The van der Waals surface area contributed by atoms with Crippen LogP contribution in [0.25, 0.3) is 121 Å². The summed E-state index contributed by atoms with van der Waals surface area (Å²) in [5, 5.41) is 8.09. The van der Waals surface area contributed by atoms with Crippen LogP contribution in [0.3, 0.4) is 0 Å². The molecule has 0 N–H and O–H groups in total. The van der Waals surface area contributed by atoms with Crippen LogP contribution >= 0.6 is 0 Å². The Bertz CT molecular complexity index is 3760. The molecule has 4 heterocycles. The first-order valence-electron chi connectivity index (χ1n) is 21.0. The second kappa shape index (κ2) is 13.0. The molecule has 0 amide bonds. The molecule has 0 saturated carbocycles. The molecular formula is C56H34F2N2O2. The summed E-state index contributed by atoms with van der Waals surface area (Å²) in [4.78, 5) is 0. The van der Waals surface area contributed by atoms with Crippen LogP contribution in [0.4, 0.5) is 8.78 Å². The molecule has 0 atom stereocenters. The highest BCUT2D eigenvalue weighted by atomic mass is 19.1. The Hall–Kier alpha value is -7.96. The van der Waals surface area contributed by atoms with Gasteiger partial charge in [0, 0.05) is 70.9 Å². The van der Waals surface area contributed by atoms with E-state index in [-0.39, 0.29) is 11.6 Å². The lowest BCUT2D eigenvalue weighted by Gasteiger charge is -2.26. The van der Waals surface area contributed by atoms with Crippen LogP contribution in [0, 0.1) is 11.6 Å². The number of benzene rings is 9. The van der Waals surface area contributed by atoms with Crippen molar-refractivity contribution in [2.24, 2.45) is 0 Å². The number of para-hydroxylation sites is 4. The van der Waals surface area contributed by atoms with Gasteiger partial charge in [-0.1, -0.05) is 128 Å². The van der Waals surface area contributed by atoms with Crippen LogP contribution in [0.15, 0.2) is 185 Å². The zero-order valence-electron chi connectivity index (χ0n) is 33.4. The summed E-state index contributed by atoms with van der Waals surface area (Å²) in [6, 6.07) is 57.3. The molecule has 294 valence electrons. The van der Waals surface area contributed by atoms with Gasteiger partial charge in [-0.05, 0) is 61.0 Å². The third-order valence-corrected chi connectivity index (χ3v) is 12.9. The molecule has 0 radical (unpaired) electrons. The molecule has 4 aromatic heterocycles. The van der Waals surface area contributed by atoms with Gasteiger partial charge >= 0.3 is 0 Å². The molecule has 0 fully saturated rings. The van der Waals surface area contributed by atoms with Crippen molar-refractivity contribution in [1.29, 1.82) is 0 Å². The summed E-state index contributed by atoms with van der Waals surface area (Å²) < 4.78 is 51.7. The minimum Gasteiger partial charge on any atom is -0.454 e. The molecule has 0 aliphatic heterocycles. The Morgan fingerprint density at radius 3 is 1.23 bits per heavy atom. The van der Waals surface area contributed by atoms with E-state index in [2.05, 4.69) is 88.9 Å². The van der Waals surface area contributed by atoms with E-state index in [0.29, 0.717) is 28.7 Å². The fourth-order valence-corrected chi connectivity index (χ4v) is 10.3. The first-order chi connectivity index (χ1) is 30.6. The number of aromatic nitrogens is 2. The molecule has 4 nitrogen and oxygen atoms in total. The Morgan fingerprint density at radius 1 is 0.387 bits per heavy atom. The van der Waals surface area contributed by atoms with E-state index in [9.17, 15) is 0 Å². The highest BCUT2D eigenvalue weighted by molar-refractivity contribution is 6.23. The third-order valence-electron chi connectivity index (χ3n) is 12.9. The quantitative estimate of drug-likeness (QED) is 0.174. The minimum absolute atomic E-state index is 0.376. The van der Waals surface area contributed by atoms with Crippen molar-refractivity contribution in [2.45, 2.75) is 13.3 Å². The van der Waals surface area contributed by atoms with Crippen molar-refractivity contribution < 1.29 is 17.6 Å². The number of fused-ring (bicyclic) bond motifs is 14. The van der Waals surface area contributed by atoms with E-state index >= 15 is 8.78 Å². The Kier molecular flexibility index (Phi) is 7.32. The fourth-order valence-electron chi connectivity index (χ4n) is 10.3. The third kappa shape index (κ3) is 4.69. The van der Waals surface area contributed by atoms with E-state index in [1.165, 1.54) is 12.1 Å². The maximum Gasteiger partial charge on any atom is 0.160 e. The van der Waals surface area contributed by atoms with Crippen LogP contribution in [-0.4, -0.2) is 9.13 Å². The Balaban J connectivity index is 1.31. The van der Waals surface area contributed by atoms with Crippen molar-refractivity contribution in [3.05, 3.63) is 193 Å². The van der Waals surface area contributed by atoms with E-state index in [1.807, 2.05) is 78.9 Å². The van der Waals surface area contributed by atoms with Crippen molar-refractivity contribution in [3.63, 3.8) is 0 Å². The van der Waals surface area contributed by atoms with Crippen LogP contribution in [0.1, 0.15) is 12.5 Å². The molecule has 0 saturated heterocycles. The number of hydrogen-bond donors (Lipinski definition) is 0. The molecule has 13 rings (SSSR count). The summed E-state index contributed by atoms with van der Waals surface area (Å²) in [5.41, 5.74) is 11.2. The van der Waals surface area contributed by atoms with E-state index < -0.39 is 0 Å². The lowest BCUT2D eigenvalue weighted by molar-refractivity contribution is 0.631. The molecule has 13 aromatic rings. The number of furan rings is 2. The molecule has 0 spiro atoms. The second-order valence-corrected chi connectivity index (χ2v) is 16.0. The largest absolute Gasteiger partial charge is 0.454 e. The lowest BCUT2D eigenvalue weighted by atomic mass is 9.89. The van der Waals surface area contributed by atoms with Gasteiger partial charge in [0.15, 0.2) is 11.2 Å². The minimum atomic E-state index is -0.376. The highest BCUT2D eigenvalue weighted by Crippen LogP contribution is 2.50. The lowest BCUT2D eigenvalue weighted by Crippen LogP contribution is -2.10. The summed E-state index contributed by atoms with van der Waals surface area (Å²) in [7, 11) is 0. The van der Waals surface area contributed by atoms with Crippen LogP contribution in [-0.2, 0) is 6.42 Å². The number of halogens is 2.